The van der Waals surface area contributed by atoms with Crippen molar-refractivity contribution in [2.75, 3.05) is 9.80 Å². The standard InChI is InChI=1S/C54H40N2/c1-5-15-41(16-6-1)44-31-37-51(38-32-44)56(54-24-14-13-23-53(54)47-17-7-2-8-18-47)52-39-33-46(34-40-52)43-27-25-42(26-28-43)45-29-35-50(36-30-45)55(48-19-9-3-10-20-48)49-21-11-4-12-22-49/h1-40H/i25D,26D,27D,28D,29D,30D,33D,34D,35D,36D,39D,40D. The molecule has 0 aliphatic heterocycles. The van der Waals surface area contributed by atoms with Crippen molar-refractivity contribution in [3.8, 4) is 44.5 Å². The zero-order chi connectivity index (χ0) is 48.0. The van der Waals surface area contributed by atoms with Gasteiger partial charge in [-0.05, 0) is 106 Å². The van der Waals surface area contributed by atoms with Gasteiger partial charge in [-0.1, -0.05) is 176 Å². The lowest BCUT2D eigenvalue weighted by Crippen LogP contribution is -2.11. The van der Waals surface area contributed by atoms with Gasteiger partial charge in [-0.2, -0.15) is 0 Å². The van der Waals surface area contributed by atoms with E-state index >= 15 is 0 Å². The monoisotopic (exact) mass is 728 g/mol. The molecule has 0 fully saturated rings. The van der Waals surface area contributed by atoms with Crippen molar-refractivity contribution >= 4 is 34.1 Å². The summed E-state index contributed by atoms with van der Waals surface area (Å²) in [5.41, 5.74) is 3.49. The molecule has 0 saturated carbocycles. The van der Waals surface area contributed by atoms with Gasteiger partial charge < -0.3 is 9.80 Å². The average Bonchev–Trinajstić information content (AvgIpc) is 3.38. The van der Waals surface area contributed by atoms with Crippen LogP contribution in [-0.2, 0) is 0 Å². The zero-order valence-electron chi connectivity index (χ0n) is 42.1. The summed E-state index contributed by atoms with van der Waals surface area (Å²) in [7, 11) is 0. The van der Waals surface area contributed by atoms with E-state index in [1.165, 1.54) is 0 Å². The molecule has 0 aliphatic carbocycles. The minimum atomic E-state index is -0.742. The first-order chi connectivity index (χ1) is 32.8. The molecule has 0 N–H and O–H groups in total. The molecule has 0 spiro atoms. The smallest absolute Gasteiger partial charge is 0.0645 e. The van der Waals surface area contributed by atoms with Crippen molar-refractivity contribution in [2.45, 2.75) is 0 Å². The van der Waals surface area contributed by atoms with E-state index in [1.807, 2.05) is 109 Å². The van der Waals surface area contributed by atoms with Crippen molar-refractivity contribution in [1.29, 1.82) is 0 Å². The average molecular weight is 729 g/mol. The second-order valence-electron chi connectivity index (χ2n) is 12.8. The van der Waals surface area contributed by atoms with E-state index < -0.39 is 94.8 Å². The maximum Gasteiger partial charge on any atom is 0.0645 e. The minimum Gasteiger partial charge on any atom is -0.311 e. The first-order valence-corrected chi connectivity index (χ1v) is 18.1. The van der Waals surface area contributed by atoms with E-state index in [1.54, 1.807) is 70.5 Å². The van der Waals surface area contributed by atoms with Crippen LogP contribution in [0.3, 0.4) is 0 Å². The van der Waals surface area contributed by atoms with Crippen LogP contribution in [-0.4, -0.2) is 0 Å². The lowest BCUT2D eigenvalue weighted by molar-refractivity contribution is 1.28. The Hall–Kier alpha value is -7.42. The number of para-hydroxylation sites is 3. The Morgan fingerprint density at radius 3 is 1.05 bits per heavy atom. The number of anilines is 6. The summed E-state index contributed by atoms with van der Waals surface area (Å²) in [6, 6.07) is 44.6. The Labute approximate surface area is 346 Å². The lowest BCUT2D eigenvalue weighted by atomic mass is 9.99. The molecule has 0 radical (unpaired) electrons. The molecule has 56 heavy (non-hydrogen) atoms. The number of nitrogens with zero attached hydrogens (tertiary/aromatic N) is 2. The molecule has 0 aromatic heterocycles. The van der Waals surface area contributed by atoms with Gasteiger partial charge in [0.15, 0.2) is 0 Å². The van der Waals surface area contributed by atoms with Crippen LogP contribution in [0, 0.1) is 0 Å². The molecular formula is C54H40N2. The second-order valence-corrected chi connectivity index (χ2v) is 12.8. The molecule has 0 unspecified atom stereocenters. The SMILES string of the molecule is [2H]c1c([2H])c(-c2c([2H])c([2H])c(N(c3ccc(-c4ccccc4)cc3)c3ccccc3-c3ccccc3)c([2H])c2[2H])c([2H])c([2H])c1-c1c([2H])c([2H])c(N(c2ccccc2)c2ccccc2)c([2H])c1[2H]. The van der Waals surface area contributed by atoms with Gasteiger partial charge in [0.05, 0.1) is 22.1 Å². The number of benzene rings is 9. The van der Waals surface area contributed by atoms with Crippen LogP contribution in [0.5, 0.6) is 0 Å². The summed E-state index contributed by atoms with van der Waals surface area (Å²) in [5, 5.41) is 0. The molecule has 0 heterocycles. The van der Waals surface area contributed by atoms with Crippen molar-refractivity contribution in [3.05, 3.63) is 242 Å². The second kappa shape index (κ2) is 15.9. The van der Waals surface area contributed by atoms with Gasteiger partial charge in [-0.15, -0.1) is 0 Å². The lowest BCUT2D eigenvalue weighted by Gasteiger charge is -2.28. The van der Waals surface area contributed by atoms with Crippen molar-refractivity contribution in [1.82, 2.24) is 0 Å². The van der Waals surface area contributed by atoms with Crippen molar-refractivity contribution in [2.24, 2.45) is 0 Å². The summed E-state index contributed by atoms with van der Waals surface area (Å²) >= 11 is 0. The Kier molecular flexibility index (Phi) is 6.64. The van der Waals surface area contributed by atoms with Gasteiger partial charge >= 0.3 is 0 Å². The fraction of sp³-hybridized carbons (Fsp3) is 0. The summed E-state index contributed by atoms with van der Waals surface area (Å²) in [6.07, 6.45) is 0. The molecule has 2 heteroatoms. The summed E-state index contributed by atoms with van der Waals surface area (Å²) in [5.74, 6) is 0. The number of hydrogen-bond donors (Lipinski definition) is 0. The largest absolute Gasteiger partial charge is 0.311 e. The molecule has 0 atom stereocenters. The van der Waals surface area contributed by atoms with Gasteiger partial charge in [0, 0.05) is 34.0 Å². The molecule has 9 aromatic carbocycles. The van der Waals surface area contributed by atoms with E-state index in [0.29, 0.717) is 22.7 Å². The Bertz CT molecular complexity index is 3230. The molecular weight excluding hydrogens is 677 g/mol. The minimum absolute atomic E-state index is 0.0932. The van der Waals surface area contributed by atoms with Crippen LogP contribution in [0.4, 0.5) is 34.1 Å². The van der Waals surface area contributed by atoms with Gasteiger partial charge in [0.1, 0.15) is 0 Å². The topological polar surface area (TPSA) is 6.48 Å². The predicted octanol–water partition coefficient (Wildman–Crippen LogP) is 15.3. The molecule has 2 nitrogen and oxygen atoms in total. The fourth-order valence-corrected chi connectivity index (χ4v) is 6.56. The molecule has 9 aromatic rings. The van der Waals surface area contributed by atoms with Gasteiger partial charge in [0.25, 0.3) is 0 Å². The van der Waals surface area contributed by atoms with Crippen LogP contribution in [0.25, 0.3) is 44.5 Å². The van der Waals surface area contributed by atoms with Crippen LogP contribution < -0.4 is 9.80 Å². The molecule has 0 bridgehead atoms. The van der Waals surface area contributed by atoms with Crippen LogP contribution in [0.15, 0.2) is 242 Å². The summed E-state index contributed by atoms with van der Waals surface area (Å²) < 4.78 is 112. The van der Waals surface area contributed by atoms with E-state index in [0.717, 1.165) is 22.3 Å². The Morgan fingerprint density at radius 1 is 0.232 bits per heavy atom. The molecule has 0 aliphatic rings. The normalized spacial score (nSPS) is 13.9. The van der Waals surface area contributed by atoms with Crippen LogP contribution >= 0.6 is 0 Å². The van der Waals surface area contributed by atoms with Gasteiger partial charge in [-0.25, -0.2) is 0 Å². The third-order valence-corrected chi connectivity index (χ3v) is 9.29. The highest BCUT2D eigenvalue weighted by atomic mass is 15.1. The summed E-state index contributed by atoms with van der Waals surface area (Å²) in [4.78, 5) is 3.23. The maximum absolute atomic E-state index is 9.57. The van der Waals surface area contributed by atoms with Crippen LogP contribution in [0.2, 0.25) is 0 Å². The van der Waals surface area contributed by atoms with Crippen molar-refractivity contribution < 1.29 is 16.4 Å². The molecule has 0 amide bonds. The zero-order valence-corrected chi connectivity index (χ0v) is 30.1. The third-order valence-electron chi connectivity index (χ3n) is 9.29. The summed E-state index contributed by atoms with van der Waals surface area (Å²) in [6.45, 7) is 0. The van der Waals surface area contributed by atoms with E-state index in [4.69, 9.17) is 0 Å². The van der Waals surface area contributed by atoms with Crippen LogP contribution in [0.1, 0.15) is 16.4 Å². The number of rotatable bonds is 10. The fourth-order valence-electron chi connectivity index (χ4n) is 6.56. The molecule has 9 rings (SSSR count). The highest BCUT2D eigenvalue weighted by Gasteiger charge is 2.18. The first kappa shape index (κ1) is 23.4. The Balaban J connectivity index is 1.22. The maximum atomic E-state index is 9.57. The molecule has 266 valence electrons. The highest BCUT2D eigenvalue weighted by molar-refractivity contribution is 5.89. The van der Waals surface area contributed by atoms with E-state index in [2.05, 4.69) is 0 Å². The third kappa shape index (κ3) is 7.24. The first-order valence-electron chi connectivity index (χ1n) is 24.1. The molecule has 0 saturated heterocycles. The van der Waals surface area contributed by atoms with Gasteiger partial charge in [-0.3, -0.25) is 0 Å². The quantitative estimate of drug-likeness (QED) is 0.138. The Morgan fingerprint density at radius 2 is 0.571 bits per heavy atom. The van der Waals surface area contributed by atoms with E-state index in [-0.39, 0.29) is 11.4 Å². The van der Waals surface area contributed by atoms with E-state index in [9.17, 15) is 16.4 Å². The van der Waals surface area contributed by atoms with Crippen molar-refractivity contribution in [3.63, 3.8) is 0 Å². The number of hydrogen-bond acceptors (Lipinski definition) is 2. The highest BCUT2D eigenvalue weighted by Crippen LogP contribution is 2.42. The predicted molar refractivity (Wildman–Crippen MR) is 238 cm³/mol. The van der Waals surface area contributed by atoms with Gasteiger partial charge in [0.2, 0.25) is 0 Å².